The minimum absolute atomic E-state index is 0. The number of aliphatic hydroxyl groups is 1. The van der Waals surface area contributed by atoms with Crippen molar-refractivity contribution in [3.05, 3.63) is 28.8 Å². The third kappa shape index (κ3) is 4.32. The summed E-state index contributed by atoms with van der Waals surface area (Å²) in [7, 11) is 1.59. The Labute approximate surface area is 123 Å². The summed E-state index contributed by atoms with van der Waals surface area (Å²) < 4.78 is 5.19. The number of hydrogen-bond donors (Lipinski definition) is 1. The molecule has 0 fully saturated rings. The van der Waals surface area contributed by atoms with Gasteiger partial charge in [-0.3, -0.25) is 0 Å². The van der Waals surface area contributed by atoms with Gasteiger partial charge in [0.2, 0.25) is 0 Å². The van der Waals surface area contributed by atoms with Crippen molar-refractivity contribution in [1.29, 1.82) is 0 Å². The van der Waals surface area contributed by atoms with Crippen LogP contribution in [0.4, 0.5) is 0 Å². The topological polar surface area (TPSA) is 69.6 Å². The molecule has 0 aromatic heterocycles. The number of aliphatic carboxylic acids is 1. The van der Waals surface area contributed by atoms with E-state index in [1.54, 1.807) is 19.2 Å². The van der Waals surface area contributed by atoms with E-state index >= 15 is 0 Å². The van der Waals surface area contributed by atoms with Crippen molar-refractivity contribution in [1.82, 2.24) is 0 Å². The Bertz CT molecular complexity index is 380. The quantitative estimate of drug-likeness (QED) is 0.574. The van der Waals surface area contributed by atoms with Crippen LogP contribution in [0.3, 0.4) is 0 Å². The molecule has 0 unspecified atom stereocenters. The zero-order valence-electron chi connectivity index (χ0n) is 10.6. The fourth-order valence-electron chi connectivity index (χ4n) is 1.79. The van der Waals surface area contributed by atoms with Crippen LogP contribution in [0.1, 0.15) is 16.7 Å². The summed E-state index contributed by atoms with van der Waals surface area (Å²) >= 11 is 0. The summed E-state index contributed by atoms with van der Waals surface area (Å²) in [5.74, 6) is -0.669. The summed E-state index contributed by atoms with van der Waals surface area (Å²) in [5, 5.41) is 19.6. The third-order valence-electron chi connectivity index (χ3n) is 2.43. The van der Waals surface area contributed by atoms with Crippen molar-refractivity contribution < 1.29 is 49.3 Å². The van der Waals surface area contributed by atoms with E-state index in [9.17, 15) is 15.0 Å². The molecular weight excluding hydrogens is 231 g/mol. The van der Waals surface area contributed by atoms with Gasteiger partial charge in [0.05, 0.1) is 19.2 Å². The van der Waals surface area contributed by atoms with Gasteiger partial charge in [-0.25, -0.2) is 0 Å². The number of ether oxygens (including phenoxy) is 1. The molecule has 0 saturated heterocycles. The number of carboxylic acids is 1. The van der Waals surface area contributed by atoms with Crippen LogP contribution < -0.4 is 39.4 Å². The van der Waals surface area contributed by atoms with Crippen LogP contribution in [-0.4, -0.2) is 24.3 Å². The average Bonchev–Trinajstić information content (AvgIpc) is 2.16. The van der Waals surface area contributed by atoms with Gasteiger partial charge in [0.1, 0.15) is 5.75 Å². The van der Waals surface area contributed by atoms with Crippen LogP contribution in [0.2, 0.25) is 0 Å². The average molecular weight is 246 g/mol. The van der Waals surface area contributed by atoms with E-state index in [0.29, 0.717) is 0 Å². The Morgan fingerprint density at radius 3 is 2.24 bits per heavy atom. The number of methoxy groups -OCH3 is 1. The van der Waals surface area contributed by atoms with Gasteiger partial charge in [0.25, 0.3) is 0 Å². The van der Waals surface area contributed by atoms with Gasteiger partial charge < -0.3 is 19.7 Å². The molecule has 1 N–H and O–H groups in total. The molecule has 0 aliphatic heterocycles. The first kappa shape index (κ1) is 16.4. The van der Waals surface area contributed by atoms with Crippen molar-refractivity contribution in [2.75, 3.05) is 7.11 Å². The van der Waals surface area contributed by atoms with Gasteiger partial charge in [-0.05, 0) is 30.5 Å². The maximum atomic E-state index is 10.4. The third-order valence-corrected chi connectivity index (χ3v) is 2.43. The molecule has 0 amide bonds. The standard InChI is InChI=1S/C12H16O4.Na/c1-7-4-9(6-10(13)12(14)15)5-8(2)11(7)16-3;/h4-5,10,13H,6H2,1-3H3,(H,14,15);/q;+1/p-1/t10-;/m1./s1. The van der Waals surface area contributed by atoms with E-state index in [1.807, 2.05) is 13.8 Å². The maximum Gasteiger partial charge on any atom is 1.00 e. The van der Waals surface area contributed by atoms with Crippen LogP contribution in [0.15, 0.2) is 12.1 Å². The number of carbonyl (C=O) groups is 1. The van der Waals surface area contributed by atoms with E-state index in [0.717, 1.165) is 22.4 Å². The van der Waals surface area contributed by atoms with Gasteiger partial charge in [0, 0.05) is 6.42 Å². The van der Waals surface area contributed by atoms with Crippen LogP contribution >= 0.6 is 0 Å². The largest absolute Gasteiger partial charge is 1.00 e. The molecule has 0 radical (unpaired) electrons. The smallest absolute Gasteiger partial charge is 0.547 e. The molecular formula is C12H15NaO4. The van der Waals surface area contributed by atoms with E-state index in [-0.39, 0.29) is 36.0 Å². The van der Waals surface area contributed by atoms with Crippen molar-refractivity contribution in [3.8, 4) is 5.75 Å². The van der Waals surface area contributed by atoms with E-state index in [2.05, 4.69) is 0 Å². The van der Waals surface area contributed by atoms with Crippen LogP contribution in [0.25, 0.3) is 0 Å². The number of aryl methyl sites for hydroxylation is 2. The first-order chi connectivity index (χ1) is 7.45. The molecule has 17 heavy (non-hydrogen) atoms. The molecule has 1 rings (SSSR count). The molecule has 0 heterocycles. The predicted octanol–water partition coefficient (Wildman–Crippen LogP) is -3.03. The van der Waals surface area contributed by atoms with Crippen molar-refractivity contribution >= 4 is 5.97 Å². The predicted molar refractivity (Wildman–Crippen MR) is 57.2 cm³/mol. The zero-order chi connectivity index (χ0) is 12.3. The molecule has 88 valence electrons. The fraction of sp³-hybridized carbons (Fsp3) is 0.417. The number of carboxylic acid groups (broad SMARTS) is 1. The van der Waals surface area contributed by atoms with Crippen molar-refractivity contribution in [3.63, 3.8) is 0 Å². The Balaban J connectivity index is 0.00000256. The maximum absolute atomic E-state index is 10.4. The van der Waals surface area contributed by atoms with Crippen LogP contribution in [0.5, 0.6) is 5.75 Å². The Kier molecular flexibility index (Phi) is 6.78. The number of benzene rings is 1. The zero-order valence-corrected chi connectivity index (χ0v) is 12.6. The SMILES string of the molecule is COc1c(C)cc(C[C@@H](O)C(=O)[O-])cc1C.[Na+]. The Hall–Kier alpha value is -0.550. The Morgan fingerprint density at radius 2 is 1.88 bits per heavy atom. The van der Waals surface area contributed by atoms with Crippen molar-refractivity contribution in [2.45, 2.75) is 26.4 Å². The summed E-state index contributed by atoms with van der Waals surface area (Å²) in [6.07, 6.45) is -1.42. The molecule has 1 atom stereocenters. The van der Waals surface area contributed by atoms with E-state index in [1.165, 1.54) is 0 Å². The van der Waals surface area contributed by atoms with Gasteiger partial charge in [-0.2, -0.15) is 0 Å². The Morgan fingerprint density at radius 1 is 1.41 bits per heavy atom. The second kappa shape index (κ2) is 7.01. The minimum atomic E-state index is -1.47. The van der Waals surface area contributed by atoms with Crippen molar-refractivity contribution in [2.24, 2.45) is 0 Å². The molecule has 0 aliphatic rings. The summed E-state index contributed by atoms with van der Waals surface area (Å²) in [6.45, 7) is 3.75. The molecule has 1 aromatic carbocycles. The van der Waals surface area contributed by atoms with Crippen LogP contribution in [0, 0.1) is 13.8 Å². The molecule has 0 aliphatic carbocycles. The monoisotopic (exact) mass is 246 g/mol. The first-order valence-electron chi connectivity index (χ1n) is 4.98. The second-order valence-corrected chi connectivity index (χ2v) is 3.80. The number of aliphatic hydroxyl groups excluding tert-OH is 1. The normalized spacial score (nSPS) is 11.5. The minimum Gasteiger partial charge on any atom is -0.547 e. The molecule has 1 aromatic rings. The summed E-state index contributed by atoms with van der Waals surface area (Å²) in [5.41, 5.74) is 2.60. The summed E-state index contributed by atoms with van der Waals surface area (Å²) in [4.78, 5) is 10.4. The van der Waals surface area contributed by atoms with E-state index in [4.69, 9.17) is 4.74 Å². The van der Waals surface area contributed by atoms with Crippen LogP contribution in [-0.2, 0) is 11.2 Å². The molecule has 0 saturated carbocycles. The first-order valence-corrected chi connectivity index (χ1v) is 4.98. The fourth-order valence-corrected chi connectivity index (χ4v) is 1.79. The van der Waals surface area contributed by atoms with Gasteiger partial charge in [0.15, 0.2) is 0 Å². The van der Waals surface area contributed by atoms with Gasteiger partial charge in [-0.1, -0.05) is 12.1 Å². The summed E-state index contributed by atoms with van der Waals surface area (Å²) in [6, 6.07) is 3.61. The number of rotatable bonds is 4. The number of hydrogen-bond acceptors (Lipinski definition) is 4. The van der Waals surface area contributed by atoms with Gasteiger partial charge >= 0.3 is 29.6 Å². The molecule has 4 nitrogen and oxygen atoms in total. The molecule has 5 heteroatoms. The molecule has 0 bridgehead atoms. The van der Waals surface area contributed by atoms with E-state index < -0.39 is 12.1 Å². The second-order valence-electron chi connectivity index (χ2n) is 3.80. The molecule has 0 spiro atoms. The van der Waals surface area contributed by atoms with Gasteiger partial charge in [-0.15, -0.1) is 0 Å². The number of carbonyl (C=O) groups excluding carboxylic acids is 1.